The first kappa shape index (κ1) is 19.7. The summed E-state index contributed by atoms with van der Waals surface area (Å²) in [7, 11) is 0. The molecule has 1 heterocycles. The van der Waals surface area contributed by atoms with Crippen LogP contribution < -0.4 is 10.6 Å². The molecule has 0 unspecified atom stereocenters. The maximum atomic E-state index is 12.0. The maximum absolute atomic E-state index is 12.0. The number of aliphatic hydroxyl groups is 1. The van der Waals surface area contributed by atoms with Gasteiger partial charge < -0.3 is 15.7 Å². The van der Waals surface area contributed by atoms with Gasteiger partial charge in [0.25, 0.3) is 0 Å². The number of hydrogen-bond donors (Lipinski definition) is 3. The number of anilines is 1. The molecule has 0 spiro atoms. The Labute approximate surface area is 164 Å². The monoisotopic (exact) mass is 376 g/mol. The normalized spacial score (nSPS) is 11.8. The molecule has 1 amide bonds. The van der Waals surface area contributed by atoms with Crippen molar-refractivity contribution in [3.63, 3.8) is 0 Å². The number of rotatable bonds is 9. The zero-order valence-corrected chi connectivity index (χ0v) is 15.6. The van der Waals surface area contributed by atoms with Crippen LogP contribution in [0.2, 0.25) is 0 Å². The second-order valence-corrected chi connectivity index (χ2v) is 6.50. The predicted molar refractivity (Wildman–Crippen MR) is 109 cm³/mol. The highest BCUT2D eigenvalue weighted by Gasteiger charge is 2.07. The molecule has 28 heavy (non-hydrogen) atoms. The summed E-state index contributed by atoms with van der Waals surface area (Å²) in [5.74, 6) is -0.121. The molecular formula is C22H24N4O2. The lowest BCUT2D eigenvalue weighted by Gasteiger charge is -2.12. The van der Waals surface area contributed by atoms with Crippen LogP contribution >= 0.6 is 0 Å². The van der Waals surface area contributed by atoms with Crippen molar-refractivity contribution < 1.29 is 9.90 Å². The Morgan fingerprint density at radius 2 is 1.82 bits per heavy atom. The highest BCUT2D eigenvalue weighted by Crippen LogP contribution is 2.12. The quantitative estimate of drug-likeness (QED) is 0.500. The summed E-state index contributed by atoms with van der Waals surface area (Å²) in [6, 6.07) is 17.4. The summed E-state index contributed by atoms with van der Waals surface area (Å²) in [6.07, 6.45) is 5.28. The number of aliphatic hydroxyl groups excluding tert-OH is 1. The van der Waals surface area contributed by atoms with E-state index in [2.05, 4.69) is 20.6 Å². The van der Waals surface area contributed by atoms with Crippen LogP contribution in [0.15, 0.2) is 73.2 Å². The van der Waals surface area contributed by atoms with E-state index in [1.54, 1.807) is 18.6 Å². The Hall–Kier alpha value is -3.09. The SMILES string of the molecule is O=C(Cc1cnccn1)Nc1ccc(CCNC[C@H](O)c2ccccc2)cc1. The van der Waals surface area contributed by atoms with E-state index in [1.807, 2.05) is 54.6 Å². The lowest BCUT2D eigenvalue weighted by Crippen LogP contribution is -2.23. The van der Waals surface area contributed by atoms with E-state index in [0.29, 0.717) is 12.2 Å². The lowest BCUT2D eigenvalue weighted by atomic mass is 10.1. The second-order valence-electron chi connectivity index (χ2n) is 6.50. The van der Waals surface area contributed by atoms with Gasteiger partial charge >= 0.3 is 0 Å². The number of aromatic nitrogens is 2. The fourth-order valence-corrected chi connectivity index (χ4v) is 2.81. The molecule has 3 N–H and O–H groups in total. The summed E-state index contributed by atoms with van der Waals surface area (Å²) in [5, 5.41) is 16.3. The lowest BCUT2D eigenvalue weighted by molar-refractivity contribution is -0.115. The molecule has 144 valence electrons. The first-order valence-corrected chi connectivity index (χ1v) is 9.28. The van der Waals surface area contributed by atoms with E-state index in [-0.39, 0.29) is 12.3 Å². The zero-order chi connectivity index (χ0) is 19.6. The third-order valence-corrected chi connectivity index (χ3v) is 4.31. The molecule has 3 aromatic rings. The molecule has 1 atom stereocenters. The molecule has 2 aromatic carbocycles. The molecular weight excluding hydrogens is 352 g/mol. The number of amides is 1. The first-order valence-electron chi connectivity index (χ1n) is 9.28. The van der Waals surface area contributed by atoms with Gasteiger partial charge in [-0.15, -0.1) is 0 Å². The van der Waals surface area contributed by atoms with Crippen molar-refractivity contribution in [3.8, 4) is 0 Å². The Morgan fingerprint density at radius 3 is 2.54 bits per heavy atom. The minimum atomic E-state index is -0.506. The summed E-state index contributed by atoms with van der Waals surface area (Å²) >= 11 is 0. The molecule has 3 rings (SSSR count). The average Bonchev–Trinajstić information content (AvgIpc) is 2.73. The minimum Gasteiger partial charge on any atom is -0.387 e. The van der Waals surface area contributed by atoms with Gasteiger partial charge in [0.05, 0.1) is 18.2 Å². The van der Waals surface area contributed by atoms with Crippen molar-refractivity contribution in [2.75, 3.05) is 18.4 Å². The molecule has 0 saturated heterocycles. The van der Waals surface area contributed by atoms with E-state index in [1.165, 1.54) is 0 Å². The summed E-state index contributed by atoms with van der Waals surface area (Å²) in [5.41, 5.74) is 3.47. The number of carbonyl (C=O) groups is 1. The van der Waals surface area contributed by atoms with E-state index in [9.17, 15) is 9.90 Å². The van der Waals surface area contributed by atoms with E-state index in [4.69, 9.17) is 0 Å². The highest BCUT2D eigenvalue weighted by atomic mass is 16.3. The van der Waals surface area contributed by atoms with Crippen LogP contribution in [0.3, 0.4) is 0 Å². The average molecular weight is 376 g/mol. The van der Waals surface area contributed by atoms with Crippen LogP contribution in [-0.4, -0.2) is 34.1 Å². The Morgan fingerprint density at radius 1 is 1.04 bits per heavy atom. The van der Waals surface area contributed by atoms with E-state index >= 15 is 0 Å². The van der Waals surface area contributed by atoms with Crippen LogP contribution in [0.5, 0.6) is 0 Å². The van der Waals surface area contributed by atoms with E-state index in [0.717, 1.165) is 29.8 Å². The van der Waals surface area contributed by atoms with Crippen LogP contribution in [0.1, 0.15) is 22.9 Å². The second kappa shape index (κ2) is 10.3. The predicted octanol–water partition coefficient (Wildman–Crippen LogP) is 2.52. The van der Waals surface area contributed by atoms with Crippen molar-refractivity contribution >= 4 is 11.6 Å². The fraction of sp³-hybridized carbons (Fsp3) is 0.227. The molecule has 0 aliphatic carbocycles. The molecule has 0 aliphatic rings. The van der Waals surface area contributed by atoms with Crippen molar-refractivity contribution in [2.45, 2.75) is 18.9 Å². The van der Waals surface area contributed by atoms with Gasteiger partial charge in [0.1, 0.15) is 0 Å². The van der Waals surface area contributed by atoms with Crippen LogP contribution in [0, 0.1) is 0 Å². The Balaban J connectivity index is 1.39. The third kappa shape index (κ3) is 6.26. The number of hydrogen-bond acceptors (Lipinski definition) is 5. The number of carbonyl (C=O) groups excluding carboxylic acids is 1. The fourth-order valence-electron chi connectivity index (χ4n) is 2.81. The van der Waals surface area contributed by atoms with Crippen molar-refractivity contribution in [2.24, 2.45) is 0 Å². The molecule has 1 aromatic heterocycles. The van der Waals surface area contributed by atoms with E-state index < -0.39 is 6.10 Å². The molecule has 6 heteroatoms. The number of nitrogens with one attached hydrogen (secondary N) is 2. The van der Waals surface area contributed by atoms with Gasteiger partial charge in [0.2, 0.25) is 5.91 Å². The molecule has 0 saturated carbocycles. The molecule has 6 nitrogen and oxygen atoms in total. The van der Waals surface area contributed by atoms with Gasteiger partial charge in [-0.1, -0.05) is 42.5 Å². The summed E-state index contributed by atoms with van der Waals surface area (Å²) in [4.78, 5) is 20.1. The standard InChI is InChI=1S/C22H24N4O2/c27-21(18-4-2-1-3-5-18)16-23-11-10-17-6-8-19(9-7-17)26-22(28)14-20-15-24-12-13-25-20/h1-9,12-13,15,21,23,27H,10-11,14,16H2,(H,26,28)/t21-/m0/s1. The molecule has 0 fully saturated rings. The van der Waals surface area contributed by atoms with Gasteiger partial charge in [0, 0.05) is 30.8 Å². The van der Waals surface area contributed by atoms with Crippen LogP contribution in [0.4, 0.5) is 5.69 Å². The van der Waals surface area contributed by atoms with Gasteiger partial charge in [-0.3, -0.25) is 14.8 Å². The smallest absolute Gasteiger partial charge is 0.230 e. The molecule has 0 aliphatic heterocycles. The van der Waals surface area contributed by atoms with Crippen molar-refractivity contribution in [1.82, 2.24) is 15.3 Å². The molecule has 0 radical (unpaired) electrons. The largest absolute Gasteiger partial charge is 0.387 e. The first-order chi connectivity index (χ1) is 13.7. The minimum absolute atomic E-state index is 0.121. The van der Waals surface area contributed by atoms with Gasteiger partial charge in [-0.25, -0.2) is 0 Å². The maximum Gasteiger partial charge on any atom is 0.230 e. The number of benzene rings is 2. The highest BCUT2D eigenvalue weighted by molar-refractivity contribution is 5.91. The zero-order valence-electron chi connectivity index (χ0n) is 15.6. The van der Waals surface area contributed by atoms with Crippen LogP contribution in [-0.2, 0) is 17.6 Å². The topological polar surface area (TPSA) is 87.1 Å². The van der Waals surface area contributed by atoms with Gasteiger partial charge in [-0.05, 0) is 36.2 Å². The molecule has 0 bridgehead atoms. The summed E-state index contributed by atoms with van der Waals surface area (Å²) in [6.45, 7) is 1.28. The Kier molecular flexibility index (Phi) is 7.23. The Bertz CT molecular complexity index is 855. The van der Waals surface area contributed by atoms with Crippen LogP contribution in [0.25, 0.3) is 0 Å². The number of nitrogens with zero attached hydrogens (tertiary/aromatic N) is 2. The van der Waals surface area contributed by atoms with Crippen molar-refractivity contribution in [1.29, 1.82) is 0 Å². The third-order valence-electron chi connectivity index (χ3n) is 4.31. The van der Waals surface area contributed by atoms with Crippen molar-refractivity contribution in [3.05, 3.63) is 90.0 Å². The van der Waals surface area contributed by atoms with Gasteiger partial charge in [-0.2, -0.15) is 0 Å². The summed E-state index contributed by atoms with van der Waals surface area (Å²) < 4.78 is 0. The van der Waals surface area contributed by atoms with Gasteiger partial charge in [0.15, 0.2) is 0 Å².